The van der Waals surface area contributed by atoms with Gasteiger partial charge in [-0.15, -0.1) is 0 Å². The number of hydrogen-bond acceptors (Lipinski definition) is 3. The lowest BCUT2D eigenvalue weighted by Crippen LogP contribution is -1.97. The van der Waals surface area contributed by atoms with Gasteiger partial charge in [0.05, 0.1) is 12.5 Å². The Balaban J connectivity index is 1.53. The van der Waals surface area contributed by atoms with Gasteiger partial charge in [0.2, 0.25) is 0 Å². The zero-order chi connectivity index (χ0) is 19.4. The van der Waals surface area contributed by atoms with Crippen LogP contribution >= 0.6 is 0 Å². The topological polar surface area (TPSA) is 39.4 Å². The Bertz CT molecular complexity index is 820. The summed E-state index contributed by atoms with van der Waals surface area (Å²) < 4.78 is 17.2. The summed E-state index contributed by atoms with van der Waals surface area (Å²) >= 11 is 0. The average molecular weight is 369 g/mol. The van der Waals surface area contributed by atoms with Crippen molar-refractivity contribution < 1.29 is 13.3 Å². The molecule has 2 atom stereocenters. The standard InChI is InChI=1S/C24H32O3/c1-16(2)23-13-20(15-26-23)9-6-8-17(3)24-14-21(19(5)27-24)12-18(4)22-10-7-11-25-22/h7,10-11,13-18H,6,8-9,12H2,1-5H3. The number of hydrogen-bond donors (Lipinski definition) is 0. The minimum atomic E-state index is 0.357. The first-order valence-electron chi connectivity index (χ1n) is 10.1. The Kier molecular flexibility index (Phi) is 6.30. The fraction of sp³-hybridized carbons (Fsp3) is 0.500. The first kappa shape index (κ1) is 19.6. The number of furan rings is 3. The van der Waals surface area contributed by atoms with Crippen molar-refractivity contribution in [2.75, 3.05) is 0 Å². The molecule has 27 heavy (non-hydrogen) atoms. The monoisotopic (exact) mass is 368 g/mol. The Morgan fingerprint density at radius 2 is 1.74 bits per heavy atom. The zero-order valence-electron chi connectivity index (χ0n) is 17.2. The van der Waals surface area contributed by atoms with Crippen molar-refractivity contribution in [3.8, 4) is 0 Å². The van der Waals surface area contributed by atoms with Crippen LogP contribution in [0.5, 0.6) is 0 Å². The van der Waals surface area contributed by atoms with Gasteiger partial charge in [-0.3, -0.25) is 0 Å². The second-order valence-electron chi connectivity index (χ2n) is 8.16. The predicted octanol–water partition coefficient (Wildman–Crippen LogP) is 7.37. The molecule has 2 unspecified atom stereocenters. The highest BCUT2D eigenvalue weighted by atomic mass is 16.3. The molecule has 0 spiro atoms. The highest BCUT2D eigenvalue weighted by molar-refractivity contribution is 5.25. The molecule has 3 heterocycles. The molecule has 0 radical (unpaired) electrons. The molecule has 0 aliphatic heterocycles. The van der Waals surface area contributed by atoms with Crippen LogP contribution in [0.4, 0.5) is 0 Å². The van der Waals surface area contributed by atoms with E-state index in [0.29, 0.717) is 17.8 Å². The Hall–Kier alpha value is -2.16. The third-order valence-corrected chi connectivity index (χ3v) is 5.43. The Labute approximate surface area is 162 Å². The van der Waals surface area contributed by atoms with Gasteiger partial charge in [-0.05, 0) is 68.0 Å². The van der Waals surface area contributed by atoms with Crippen LogP contribution in [0.3, 0.4) is 0 Å². The maximum Gasteiger partial charge on any atom is 0.107 e. The lowest BCUT2D eigenvalue weighted by Gasteiger charge is -2.07. The molecular formula is C24H32O3. The summed E-state index contributed by atoms with van der Waals surface area (Å²) in [6.07, 6.45) is 7.90. The van der Waals surface area contributed by atoms with Crippen molar-refractivity contribution >= 4 is 0 Å². The molecular weight excluding hydrogens is 336 g/mol. The van der Waals surface area contributed by atoms with Crippen LogP contribution in [0.2, 0.25) is 0 Å². The maximum absolute atomic E-state index is 6.08. The third-order valence-electron chi connectivity index (χ3n) is 5.43. The number of aryl methyl sites for hydroxylation is 2. The smallest absolute Gasteiger partial charge is 0.107 e. The van der Waals surface area contributed by atoms with Gasteiger partial charge < -0.3 is 13.3 Å². The molecule has 0 saturated heterocycles. The van der Waals surface area contributed by atoms with E-state index in [1.54, 1.807) is 6.26 Å². The number of rotatable bonds is 9. The second kappa shape index (κ2) is 8.69. The molecule has 146 valence electrons. The van der Waals surface area contributed by atoms with Crippen LogP contribution < -0.4 is 0 Å². The fourth-order valence-corrected chi connectivity index (χ4v) is 3.58. The summed E-state index contributed by atoms with van der Waals surface area (Å²) in [7, 11) is 0. The summed E-state index contributed by atoms with van der Waals surface area (Å²) in [4.78, 5) is 0. The lowest BCUT2D eigenvalue weighted by atomic mass is 9.96. The second-order valence-corrected chi connectivity index (χ2v) is 8.16. The van der Waals surface area contributed by atoms with E-state index in [4.69, 9.17) is 13.3 Å². The lowest BCUT2D eigenvalue weighted by molar-refractivity contribution is 0.434. The molecule has 3 aromatic heterocycles. The zero-order valence-corrected chi connectivity index (χ0v) is 17.2. The van der Waals surface area contributed by atoms with Crippen LogP contribution in [0.1, 0.15) is 92.5 Å². The van der Waals surface area contributed by atoms with Gasteiger partial charge in [0.1, 0.15) is 23.0 Å². The van der Waals surface area contributed by atoms with Gasteiger partial charge in [0.15, 0.2) is 0 Å². The van der Waals surface area contributed by atoms with Crippen LogP contribution in [0.25, 0.3) is 0 Å². The van der Waals surface area contributed by atoms with Gasteiger partial charge in [-0.2, -0.15) is 0 Å². The molecule has 0 amide bonds. The van der Waals surface area contributed by atoms with Gasteiger partial charge in [-0.1, -0.05) is 27.7 Å². The molecule has 0 N–H and O–H groups in total. The van der Waals surface area contributed by atoms with E-state index in [0.717, 1.165) is 48.7 Å². The molecule has 0 aliphatic carbocycles. The molecule has 0 aromatic carbocycles. The summed E-state index contributed by atoms with van der Waals surface area (Å²) in [6.45, 7) is 10.8. The van der Waals surface area contributed by atoms with Crippen LogP contribution in [0, 0.1) is 6.92 Å². The van der Waals surface area contributed by atoms with Crippen LogP contribution in [-0.4, -0.2) is 0 Å². The third kappa shape index (κ3) is 4.97. The summed E-state index contributed by atoms with van der Waals surface area (Å²) in [5.74, 6) is 5.48. The van der Waals surface area contributed by atoms with Crippen molar-refractivity contribution in [3.63, 3.8) is 0 Å². The van der Waals surface area contributed by atoms with Crippen molar-refractivity contribution in [3.05, 3.63) is 71.0 Å². The maximum atomic E-state index is 6.08. The minimum absolute atomic E-state index is 0.357. The highest BCUT2D eigenvalue weighted by Crippen LogP contribution is 2.30. The normalized spacial score (nSPS) is 14.0. The minimum Gasteiger partial charge on any atom is -0.469 e. The molecule has 0 bridgehead atoms. The van der Waals surface area contributed by atoms with E-state index in [2.05, 4.69) is 46.8 Å². The van der Waals surface area contributed by atoms with E-state index < -0.39 is 0 Å². The van der Waals surface area contributed by atoms with E-state index >= 15 is 0 Å². The summed E-state index contributed by atoms with van der Waals surface area (Å²) in [5, 5.41) is 0. The Morgan fingerprint density at radius 1 is 0.926 bits per heavy atom. The Morgan fingerprint density at radius 3 is 2.41 bits per heavy atom. The molecule has 3 heteroatoms. The van der Waals surface area contributed by atoms with Gasteiger partial charge in [0, 0.05) is 17.8 Å². The van der Waals surface area contributed by atoms with Gasteiger partial charge in [-0.25, -0.2) is 0 Å². The van der Waals surface area contributed by atoms with Crippen LogP contribution in [-0.2, 0) is 12.8 Å². The highest BCUT2D eigenvalue weighted by Gasteiger charge is 2.17. The van der Waals surface area contributed by atoms with Gasteiger partial charge in [0.25, 0.3) is 0 Å². The van der Waals surface area contributed by atoms with Crippen molar-refractivity contribution in [1.29, 1.82) is 0 Å². The van der Waals surface area contributed by atoms with Crippen LogP contribution in [0.15, 0.2) is 50.0 Å². The quantitative estimate of drug-likeness (QED) is 0.396. The molecule has 0 fully saturated rings. The average Bonchev–Trinajstić information content (AvgIpc) is 3.36. The molecule has 0 saturated carbocycles. The van der Waals surface area contributed by atoms with E-state index in [-0.39, 0.29) is 0 Å². The molecule has 3 nitrogen and oxygen atoms in total. The largest absolute Gasteiger partial charge is 0.469 e. The summed E-state index contributed by atoms with van der Waals surface area (Å²) in [6, 6.07) is 8.44. The van der Waals surface area contributed by atoms with Crippen molar-refractivity contribution in [2.24, 2.45) is 0 Å². The predicted molar refractivity (Wildman–Crippen MR) is 108 cm³/mol. The SMILES string of the molecule is Cc1oc(C(C)CCCc2coc(C(C)C)c2)cc1CC(C)c1ccco1. The first-order chi connectivity index (χ1) is 12.9. The summed E-state index contributed by atoms with van der Waals surface area (Å²) in [5.41, 5.74) is 2.59. The van der Waals surface area contributed by atoms with Crippen molar-refractivity contribution in [2.45, 2.75) is 78.1 Å². The van der Waals surface area contributed by atoms with Crippen molar-refractivity contribution in [1.82, 2.24) is 0 Å². The van der Waals surface area contributed by atoms with E-state index in [9.17, 15) is 0 Å². The van der Waals surface area contributed by atoms with E-state index in [1.165, 1.54) is 11.1 Å². The molecule has 3 rings (SSSR count). The van der Waals surface area contributed by atoms with E-state index in [1.807, 2.05) is 18.4 Å². The first-order valence-corrected chi connectivity index (χ1v) is 10.1. The molecule has 3 aromatic rings. The molecule has 0 aliphatic rings. The fourth-order valence-electron chi connectivity index (χ4n) is 3.58. The van der Waals surface area contributed by atoms with Gasteiger partial charge >= 0.3 is 0 Å².